The van der Waals surface area contributed by atoms with Gasteiger partial charge < -0.3 is 5.11 Å². The maximum atomic E-state index is 13.3. The molecule has 2 nitrogen and oxygen atoms in total. The summed E-state index contributed by atoms with van der Waals surface area (Å²) in [5, 5.41) is 8.83. The van der Waals surface area contributed by atoms with Crippen LogP contribution in [0.4, 0.5) is 4.39 Å². The number of aryl methyl sites for hydroxylation is 1. The predicted octanol–water partition coefficient (Wildman–Crippen LogP) is 1.62. The van der Waals surface area contributed by atoms with E-state index in [0.29, 0.717) is 5.69 Å². The summed E-state index contributed by atoms with van der Waals surface area (Å²) in [5.41, 5.74) is 1.35. The Bertz CT molecular complexity index is 327. The first-order chi connectivity index (χ1) is 6.22. The molecule has 1 fully saturated rings. The second-order valence-electron chi connectivity index (χ2n) is 3.66. The van der Waals surface area contributed by atoms with E-state index in [4.69, 9.17) is 5.11 Å². The zero-order valence-electron chi connectivity index (χ0n) is 7.50. The molecule has 1 aliphatic rings. The molecular formula is C10H12FNO. The van der Waals surface area contributed by atoms with Crippen LogP contribution >= 0.6 is 0 Å². The molecule has 70 valence electrons. The van der Waals surface area contributed by atoms with Crippen molar-refractivity contribution in [1.29, 1.82) is 0 Å². The Morgan fingerprint density at radius 2 is 2.46 bits per heavy atom. The predicted molar refractivity (Wildman–Crippen MR) is 46.9 cm³/mol. The van der Waals surface area contributed by atoms with Gasteiger partial charge in [-0.15, -0.1) is 0 Å². The van der Waals surface area contributed by atoms with Crippen LogP contribution in [0.1, 0.15) is 23.6 Å². The molecule has 2 atom stereocenters. The highest BCUT2D eigenvalue weighted by molar-refractivity contribution is 5.23. The van der Waals surface area contributed by atoms with Crippen LogP contribution in [0, 0.1) is 18.7 Å². The van der Waals surface area contributed by atoms with Crippen LogP contribution in [0.2, 0.25) is 0 Å². The molecule has 0 spiro atoms. The molecule has 0 unspecified atom stereocenters. The first kappa shape index (κ1) is 8.63. The Labute approximate surface area is 76.4 Å². The molecule has 1 saturated carbocycles. The van der Waals surface area contributed by atoms with Gasteiger partial charge in [-0.3, -0.25) is 4.98 Å². The van der Waals surface area contributed by atoms with Crippen LogP contribution in [-0.4, -0.2) is 16.7 Å². The minimum Gasteiger partial charge on any atom is -0.396 e. The fourth-order valence-corrected chi connectivity index (χ4v) is 1.60. The normalized spacial score (nSPS) is 26.1. The minimum absolute atomic E-state index is 0.139. The number of rotatable bonds is 2. The molecule has 1 heterocycles. The van der Waals surface area contributed by atoms with Crippen molar-refractivity contribution in [2.75, 3.05) is 6.61 Å². The lowest BCUT2D eigenvalue weighted by atomic mass is 10.2. The molecule has 0 amide bonds. The lowest BCUT2D eigenvalue weighted by Gasteiger charge is -2.01. The van der Waals surface area contributed by atoms with Gasteiger partial charge in [0.15, 0.2) is 0 Å². The first-order valence-corrected chi connectivity index (χ1v) is 4.45. The van der Waals surface area contributed by atoms with Gasteiger partial charge in [0.25, 0.3) is 0 Å². The van der Waals surface area contributed by atoms with E-state index < -0.39 is 0 Å². The van der Waals surface area contributed by atoms with Gasteiger partial charge in [-0.1, -0.05) is 0 Å². The molecular weight excluding hydrogens is 169 g/mol. The standard InChI is InChI=1S/C10H12FNO/c1-6-2-9(11)10(12-4-6)8-3-7(8)5-13/h2,4,7-8,13H,3,5H2,1H3/t7-,8+/m1/s1. The van der Waals surface area contributed by atoms with Crippen molar-refractivity contribution in [3.63, 3.8) is 0 Å². The van der Waals surface area contributed by atoms with E-state index >= 15 is 0 Å². The van der Waals surface area contributed by atoms with Gasteiger partial charge in [-0.25, -0.2) is 4.39 Å². The van der Waals surface area contributed by atoms with Crippen molar-refractivity contribution in [2.45, 2.75) is 19.3 Å². The summed E-state index contributed by atoms with van der Waals surface area (Å²) >= 11 is 0. The molecule has 0 radical (unpaired) electrons. The summed E-state index contributed by atoms with van der Waals surface area (Å²) < 4.78 is 13.3. The van der Waals surface area contributed by atoms with E-state index in [1.54, 1.807) is 6.20 Å². The molecule has 0 aliphatic heterocycles. The summed E-state index contributed by atoms with van der Waals surface area (Å²) in [6.07, 6.45) is 2.54. The van der Waals surface area contributed by atoms with Gasteiger partial charge in [-0.05, 0) is 30.9 Å². The van der Waals surface area contributed by atoms with Gasteiger partial charge in [0.05, 0.1) is 5.69 Å². The van der Waals surface area contributed by atoms with E-state index in [2.05, 4.69) is 4.98 Å². The number of hydrogen-bond donors (Lipinski definition) is 1. The van der Waals surface area contributed by atoms with Crippen LogP contribution in [-0.2, 0) is 0 Å². The highest BCUT2D eigenvalue weighted by Gasteiger charge is 2.40. The first-order valence-electron chi connectivity index (χ1n) is 4.45. The van der Waals surface area contributed by atoms with Gasteiger partial charge in [0.1, 0.15) is 5.82 Å². The minimum atomic E-state index is -0.235. The zero-order chi connectivity index (χ0) is 9.42. The number of halogens is 1. The van der Waals surface area contributed by atoms with Crippen molar-refractivity contribution in [3.05, 3.63) is 29.3 Å². The van der Waals surface area contributed by atoms with Gasteiger partial charge in [0.2, 0.25) is 0 Å². The monoisotopic (exact) mass is 181 g/mol. The van der Waals surface area contributed by atoms with Crippen molar-refractivity contribution in [1.82, 2.24) is 4.98 Å². The average molecular weight is 181 g/mol. The van der Waals surface area contributed by atoms with Crippen LogP contribution in [0.3, 0.4) is 0 Å². The Kier molecular flexibility index (Phi) is 2.04. The molecule has 1 aromatic rings. The Morgan fingerprint density at radius 3 is 3.00 bits per heavy atom. The molecule has 1 N–H and O–H groups in total. The molecule has 0 saturated heterocycles. The molecule has 13 heavy (non-hydrogen) atoms. The third kappa shape index (κ3) is 1.56. The molecule has 1 aliphatic carbocycles. The van der Waals surface area contributed by atoms with Crippen LogP contribution in [0.15, 0.2) is 12.3 Å². The Hall–Kier alpha value is -0.960. The maximum Gasteiger partial charge on any atom is 0.145 e. The van der Waals surface area contributed by atoms with E-state index in [1.807, 2.05) is 6.92 Å². The Balaban J connectivity index is 2.22. The third-order valence-electron chi connectivity index (χ3n) is 2.51. The Morgan fingerprint density at radius 1 is 1.69 bits per heavy atom. The van der Waals surface area contributed by atoms with E-state index in [9.17, 15) is 4.39 Å². The summed E-state index contributed by atoms with van der Waals surface area (Å²) in [5.74, 6) is 0.135. The highest BCUT2D eigenvalue weighted by Crippen LogP contribution is 2.46. The number of aliphatic hydroxyl groups is 1. The summed E-state index contributed by atoms with van der Waals surface area (Å²) in [7, 11) is 0. The van der Waals surface area contributed by atoms with Gasteiger partial charge in [-0.2, -0.15) is 0 Å². The molecule has 2 rings (SSSR count). The fourth-order valence-electron chi connectivity index (χ4n) is 1.60. The van der Waals surface area contributed by atoms with E-state index in [1.165, 1.54) is 6.07 Å². The number of nitrogens with zero attached hydrogens (tertiary/aromatic N) is 1. The summed E-state index contributed by atoms with van der Waals surface area (Å²) in [4.78, 5) is 4.05. The van der Waals surface area contributed by atoms with Crippen LogP contribution in [0.25, 0.3) is 0 Å². The molecule has 3 heteroatoms. The van der Waals surface area contributed by atoms with Crippen molar-refractivity contribution < 1.29 is 9.50 Å². The lowest BCUT2D eigenvalue weighted by Crippen LogP contribution is -1.96. The number of hydrogen-bond acceptors (Lipinski definition) is 2. The largest absolute Gasteiger partial charge is 0.396 e. The molecule has 1 aromatic heterocycles. The van der Waals surface area contributed by atoms with E-state index in [-0.39, 0.29) is 24.3 Å². The number of pyridine rings is 1. The number of aliphatic hydroxyl groups excluding tert-OH is 1. The third-order valence-corrected chi connectivity index (χ3v) is 2.51. The number of aromatic nitrogens is 1. The van der Waals surface area contributed by atoms with Crippen LogP contribution in [0.5, 0.6) is 0 Å². The zero-order valence-corrected chi connectivity index (χ0v) is 7.50. The highest BCUT2D eigenvalue weighted by atomic mass is 19.1. The summed E-state index contributed by atoms with van der Waals surface area (Å²) in [6.45, 7) is 1.95. The topological polar surface area (TPSA) is 33.1 Å². The SMILES string of the molecule is Cc1cnc([C@H]2C[C@@H]2CO)c(F)c1. The average Bonchev–Trinajstić information content (AvgIpc) is 2.83. The molecule has 0 bridgehead atoms. The fraction of sp³-hybridized carbons (Fsp3) is 0.500. The van der Waals surface area contributed by atoms with Crippen molar-refractivity contribution >= 4 is 0 Å². The van der Waals surface area contributed by atoms with Crippen molar-refractivity contribution in [2.24, 2.45) is 5.92 Å². The second kappa shape index (κ2) is 3.07. The van der Waals surface area contributed by atoms with Crippen LogP contribution < -0.4 is 0 Å². The lowest BCUT2D eigenvalue weighted by molar-refractivity contribution is 0.273. The smallest absolute Gasteiger partial charge is 0.145 e. The van der Waals surface area contributed by atoms with Gasteiger partial charge >= 0.3 is 0 Å². The quantitative estimate of drug-likeness (QED) is 0.752. The van der Waals surface area contributed by atoms with Crippen molar-refractivity contribution in [3.8, 4) is 0 Å². The maximum absolute atomic E-state index is 13.3. The summed E-state index contributed by atoms with van der Waals surface area (Å²) in [6, 6.07) is 1.50. The second-order valence-corrected chi connectivity index (χ2v) is 3.66. The van der Waals surface area contributed by atoms with E-state index in [0.717, 1.165) is 12.0 Å². The molecule has 0 aromatic carbocycles. The van der Waals surface area contributed by atoms with Gasteiger partial charge in [0, 0.05) is 18.7 Å².